The maximum Gasteiger partial charge on any atom is 0.310 e. The minimum absolute atomic E-state index is 0.456. The van der Waals surface area contributed by atoms with Crippen LogP contribution in [0.25, 0.3) is 0 Å². The van der Waals surface area contributed by atoms with Crippen molar-refractivity contribution in [3.05, 3.63) is 0 Å². The summed E-state index contributed by atoms with van der Waals surface area (Å²) >= 11 is 0. The fourth-order valence-corrected chi connectivity index (χ4v) is 3.64. The number of carboxylic acid groups (broad SMARTS) is 1. The van der Waals surface area contributed by atoms with E-state index < -0.39 is 11.4 Å². The molecule has 2 heterocycles. The number of nitrogens with zero attached hydrogens (tertiary/aromatic N) is 2. The Morgan fingerprint density at radius 3 is 2.47 bits per heavy atom. The summed E-state index contributed by atoms with van der Waals surface area (Å²) in [6.45, 7) is 8.58. The maximum absolute atomic E-state index is 11.5. The van der Waals surface area contributed by atoms with Gasteiger partial charge in [-0.3, -0.25) is 4.79 Å². The maximum atomic E-state index is 11.5. The first-order chi connectivity index (χ1) is 9.16. The van der Waals surface area contributed by atoms with Crippen molar-refractivity contribution in [2.75, 3.05) is 39.3 Å². The molecule has 2 aliphatic rings. The number of hydrogen-bond donors (Lipinski definition) is 1. The monoisotopic (exact) mass is 268 g/mol. The Labute approximate surface area is 116 Å². The van der Waals surface area contributed by atoms with E-state index in [9.17, 15) is 9.90 Å². The zero-order valence-electron chi connectivity index (χ0n) is 12.2. The van der Waals surface area contributed by atoms with Crippen LogP contribution in [-0.4, -0.2) is 60.1 Å². The van der Waals surface area contributed by atoms with Gasteiger partial charge in [0, 0.05) is 6.54 Å². The fourth-order valence-electron chi connectivity index (χ4n) is 3.64. The molecule has 1 unspecified atom stereocenters. The molecule has 2 rings (SSSR count). The molecule has 0 bridgehead atoms. The van der Waals surface area contributed by atoms with Crippen molar-refractivity contribution in [3.8, 4) is 0 Å². The Bertz CT molecular complexity index is 303. The van der Waals surface area contributed by atoms with Crippen LogP contribution < -0.4 is 0 Å². The zero-order chi connectivity index (χ0) is 13.7. The van der Waals surface area contributed by atoms with Crippen LogP contribution in [0.15, 0.2) is 0 Å². The molecule has 110 valence electrons. The van der Waals surface area contributed by atoms with Gasteiger partial charge in [0.05, 0.1) is 5.41 Å². The summed E-state index contributed by atoms with van der Waals surface area (Å²) in [6.07, 6.45) is 6.51. The van der Waals surface area contributed by atoms with Crippen LogP contribution in [0.3, 0.4) is 0 Å². The Kier molecular flexibility index (Phi) is 5.22. The largest absolute Gasteiger partial charge is 0.481 e. The van der Waals surface area contributed by atoms with Crippen LogP contribution in [-0.2, 0) is 4.79 Å². The Hall–Kier alpha value is -0.610. The normalized spacial score (nSPS) is 29.1. The SMILES string of the molecule is CCCC1(C(=O)O)CCN(CCCN2CCCC2)C1. The van der Waals surface area contributed by atoms with Gasteiger partial charge in [0.1, 0.15) is 0 Å². The van der Waals surface area contributed by atoms with Crippen molar-refractivity contribution in [1.29, 1.82) is 0 Å². The topological polar surface area (TPSA) is 43.8 Å². The molecule has 0 aromatic heterocycles. The summed E-state index contributed by atoms with van der Waals surface area (Å²) in [5.41, 5.74) is -0.456. The minimum atomic E-state index is -0.587. The first-order valence-electron chi connectivity index (χ1n) is 7.84. The lowest BCUT2D eigenvalue weighted by Crippen LogP contribution is -2.35. The molecule has 0 radical (unpaired) electrons. The highest BCUT2D eigenvalue weighted by Gasteiger charge is 2.43. The van der Waals surface area contributed by atoms with Crippen LogP contribution in [0, 0.1) is 5.41 Å². The van der Waals surface area contributed by atoms with E-state index >= 15 is 0 Å². The predicted molar refractivity (Wildman–Crippen MR) is 76.3 cm³/mol. The number of hydrogen-bond acceptors (Lipinski definition) is 3. The summed E-state index contributed by atoms with van der Waals surface area (Å²) < 4.78 is 0. The van der Waals surface area contributed by atoms with Gasteiger partial charge in [0.15, 0.2) is 0 Å². The summed E-state index contributed by atoms with van der Waals surface area (Å²) in [4.78, 5) is 16.4. The van der Waals surface area contributed by atoms with Gasteiger partial charge in [0.2, 0.25) is 0 Å². The second-order valence-corrected chi connectivity index (χ2v) is 6.26. The van der Waals surface area contributed by atoms with Crippen molar-refractivity contribution < 1.29 is 9.90 Å². The van der Waals surface area contributed by atoms with Crippen molar-refractivity contribution in [1.82, 2.24) is 9.80 Å². The molecule has 4 heteroatoms. The minimum Gasteiger partial charge on any atom is -0.481 e. The van der Waals surface area contributed by atoms with E-state index in [1.165, 1.54) is 38.9 Å². The zero-order valence-corrected chi connectivity index (χ0v) is 12.2. The van der Waals surface area contributed by atoms with E-state index in [4.69, 9.17) is 0 Å². The average molecular weight is 268 g/mol. The third-order valence-corrected chi connectivity index (χ3v) is 4.76. The van der Waals surface area contributed by atoms with E-state index in [1.54, 1.807) is 0 Å². The molecule has 0 aromatic carbocycles. The smallest absolute Gasteiger partial charge is 0.310 e. The van der Waals surface area contributed by atoms with Crippen LogP contribution in [0.4, 0.5) is 0 Å². The van der Waals surface area contributed by atoms with Crippen LogP contribution in [0.5, 0.6) is 0 Å². The molecule has 0 aliphatic carbocycles. The molecule has 0 amide bonds. The van der Waals surface area contributed by atoms with Gasteiger partial charge in [-0.2, -0.15) is 0 Å². The third-order valence-electron chi connectivity index (χ3n) is 4.76. The number of aliphatic carboxylic acids is 1. The summed E-state index contributed by atoms with van der Waals surface area (Å²) in [5.74, 6) is -0.587. The van der Waals surface area contributed by atoms with E-state index in [0.29, 0.717) is 0 Å². The number of rotatable bonds is 7. The van der Waals surface area contributed by atoms with E-state index in [0.717, 1.165) is 38.9 Å². The highest BCUT2D eigenvalue weighted by atomic mass is 16.4. The lowest BCUT2D eigenvalue weighted by molar-refractivity contribution is -0.148. The molecular formula is C15H28N2O2. The molecule has 2 aliphatic heterocycles. The van der Waals surface area contributed by atoms with Crippen molar-refractivity contribution in [2.24, 2.45) is 5.41 Å². The fraction of sp³-hybridized carbons (Fsp3) is 0.933. The number of likely N-dealkylation sites (tertiary alicyclic amines) is 2. The summed E-state index contributed by atoms with van der Waals surface area (Å²) in [5, 5.41) is 9.48. The van der Waals surface area contributed by atoms with E-state index in [2.05, 4.69) is 16.7 Å². The number of carboxylic acids is 1. The van der Waals surface area contributed by atoms with Gasteiger partial charge in [-0.1, -0.05) is 13.3 Å². The lowest BCUT2D eigenvalue weighted by atomic mass is 9.83. The van der Waals surface area contributed by atoms with E-state index in [1.807, 2.05) is 0 Å². The predicted octanol–water partition coefficient (Wildman–Crippen LogP) is 2.05. The number of carbonyl (C=O) groups is 1. The van der Waals surface area contributed by atoms with Gasteiger partial charge < -0.3 is 14.9 Å². The lowest BCUT2D eigenvalue weighted by Gasteiger charge is -2.24. The van der Waals surface area contributed by atoms with Crippen molar-refractivity contribution >= 4 is 5.97 Å². The second-order valence-electron chi connectivity index (χ2n) is 6.26. The molecule has 4 nitrogen and oxygen atoms in total. The highest BCUT2D eigenvalue weighted by molar-refractivity contribution is 5.75. The van der Waals surface area contributed by atoms with Crippen LogP contribution >= 0.6 is 0 Å². The van der Waals surface area contributed by atoms with Gasteiger partial charge in [-0.25, -0.2) is 0 Å². The average Bonchev–Trinajstić information content (AvgIpc) is 3.00. The van der Waals surface area contributed by atoms with Crippen LogP contribution in [0.2, 0.25) is 0 Å². The molecule has 19 heavy (non-hydrogen) atoms. The highest BCUT2D eigenvalue weighted by Crippen LogP contribution is 2.35. The molecule has 0 aromatic rings. The molecule has 0 saturated carbocycles. The Morgan fingerprint density at radius 2 is 1.84 bits per heavy atom. The molecule has 2 saturated heterocycles. The summed E-state index contributed by atoms with van der Waals surface area (Å²) in [6, 6.07) is 0. The van der Waals surface area contributed by atoms with Crippen molar-refractivity contribution in [2.45, 2.75) is 45.4 Å². The molecular weight excluding hydrogens is 240 g/mol. The van der Waals surface area contributed by atoms with Gasteiger partial charge in [0.25, 0.3) is 0 Å². The Balaban J connectivity index is 1.72. The van der Waals surface area contributed by atoms with Gasteiger partial charge in [-0.05, 0) is 64.8 Å². The van der Waals surface area contributed by atoms with Gasteiger partial charge >= 0.3 is 5.97 Å². The molecule has 1 atom stereocenters. The van der Waals surface area contributed by atoms with Gasteiger partial charge in [-0.15, -0.1) is 0 Å². The molecule has 2 fully saturated rings. The third kappa shape index (κ3) is 3.69. The first kappa shape index (κ1) is 14.8. The summed E-state index contributed by atoms with van der Waals surface area (Å²) in [7, 11) is 0. The van der Waals surface area contributed by atoms with E-state index in [-0.39, 0.29) is 0 Å². The first-order valence-corrected chi connectivity index (χ1v) is 7.84. The van der Waals surface area contributed by atoms with Crippen molar-refractivity contribution in [3.63, 3.8) is 0 Å². The molecule has 1 N–H and O–H groups in total. The quantitative estimate of drug-likeness (QED) is 0.767. The standard InChI is InChI=1S/C15H28N2O2/c1-2-6-15(14(18)19)7-12-17(13-15)11-5-10-16-8-3-4-9-16/h2-13H2,1H3,(H,18,19). The molecule has 0 spiro atoms. The Morgan fingerprint density at radius 1 is 1.16 bits per heavy atom. The van der Waals surface area contributed by atoms with Crippen LogP contribution in [0.1, 0.15) is 45.4 Å². The second kappa shape index (κ2) is 6.71.